The van der Waals surface area contributed by atoms with E-state index in [0.29, 0.717) is 6.54 Å². The minimum absolute atomic E-state index is 0.181. The molecule has 5 nitrogen and oxygen atoms in total. The molecule has 18 heavy (non-hydrogen) atoms. The SMILES string of the molecule is C#CCN(CCNC(=O)OC(C)(C)C)C(=O)C=C. The van der Waals surface area contributed by atoms with Crippen molar-refractivity contribution in [1.82, 2.24) is 10.2 Å². The summed E-state index contributed by atoms with van der Waals surface area (Å²) in [5.41, 5.74) is -0.542. The Labute approximate surface area is 108 Å². The molecule has 0 bridgehead atoms. The minimum Gasteiger partial charge on any atom is -0.444 e. The number of ether oxygens (including phenoxy) is 1. The Balaban J connectivity index is 4.08. The van der Waals surface area contributed by atoms with Crippen molar-refractivity contribution in [2.75, 3.05) is 19.6 Å². The molecule has 0 heterocycles. The number of amides is 2. The normalized spacial score (nSPS) is 10.1. The number of alkyl carbamates (subject to hydrolysis) is 1. The molecule has 0 saturated carbocycles. The van der Waals surface area contributed by atoms with Gasteiger partial charge in [0.05, 0.1) is 6.54 Å². The molecule has 0 aromatic heterocycles. The fourth-order valence-corrected chi connectivity index (χ4v) is 1.11. The van der Waals surface area contributed by atoms with Crippen LogP contribution in [0.25, 0.3) is 0 Å². The largest absolute Gasteiger partial charge is 0.444 e. The standard InChI is InChI=1S/C13H20N2O3/c1-6-9-15(11(16)7-2)10-8-14-12(17)18-13(3,4)5/h1,7H,2,8-10H2,3-5H3,(H,14,17). The van der Waals surface area contributed by atoms with Gasteiger partial charge in [0, 0.05) is 13.1 Å². The molecule has 2 amide bonds. The van der Waals surface area contributed by atoms with Crippen LogP contribution in [-0.4, -0.2) is 42.1 Å². The van der Waals surface area contributed by atoms with Crippen molar-refractivity contribution in [2.45, 2.75) is 26.4 Å². The van der Waals surface area contributed by atoms with Gasteiger partial charge in [0.15, 0.2) is 0 Å². The summed E-state index contributed by atoms with van der Waals surface area (Å²) in [6.07, 6.45) is 5.81. The minimum atomic E-state index is -0.542. The van der Waals surface area contributed by atoms with Gasteiger partial charge < -0.3 is 15.0 Å². The summed E-state index contributed by atoms with van der Waals surface area (Å²) in [5, 5.41) is 2.55. The van der Waals surface area contributed by atoms with Gasteiger partial charge in [-0.1, -0.05) is 12.5 Å². The average molecular weight is 252 g/mol. The predicted octanol–water partition coefficient (Wildman–Crippen LogP) is 1.16. The smallest absolute Gasteiger partial charge is 0.407 e. The molecule has 0 rings (SSSR count). The molecule has 1 N–H and O–H groups in total. The Kier molecular flexibility index (Phi) is 6.58. The Hall–Kier alpha value is -1.96. The zero-order valence-corrected chi connectivity index (χ0v) is 11.2. The molecule has 0 radical (unpaired) electrons. The second-order valence-corrected chi connectivity index (χ2v) is 4.60. The highest BCUT2D eigenvalue weighted by Gasteiger charge is 2.16. The fourth-order valence-electron chi connectivity index (χ4n) is 1.11. The molecule has 0 aliphatic rings. The first kappa shape index (κ1) is 16.0. The van der Waals surface area contributed by atoms with Crippen molar-refractivity contribution < 1.29 is 14.3 Å². The fraction of sp³-hybridized carbons (Fsp3) is 0.538. The van der Waals surface area contributed by atoms with E-state index in [1.165, 1.54) is 11.0 Å². The van der Waals surface area contributed by atoms with Crippen LogP contribution in [0.5, 0.6) is 0 Å². The number of nitrogens with one attached hydrogen (secondary N) is 1. The molecule has 100 valence electrons. The Morgan fingerprint density at radius 2 is 2.11 bits per heavy atom. The topological polar surface area (TPSA) is 58.6 Å². The number of terminal acetylenes is 1. The molecule has 0 fully saturated rings. The van der Waals surface area contributed by atoms with E-state index in [0.717, 1.165) is 0 Å². The van der Waals surface area contributed by atoms with Gasteiger partial charge in [0.1, 0.15) is 5.60 Å². The van der Waals surface area contributed by atoms with Crippen molar-refractivity contribution in [3.8, 4) is 12.3 Å². The van der Waals surface area contributed by atoms with Crippen LogP contribution in [0.2, 0.25) is 0 Å². The van der Waals surface area contributed by atoms with Gasteiger partial charge >= 0.3 is 6.09 Å². The van der Waals surface area contributed by atoms with Crippen molar-refractivity contribution in [1.29, 1.82) is 0 Å². The second kappa shape index (κ2) is 7.38. The van der Waals surface area contributed by atoms with Gasteiger partial charge in [-0.3, -0.25) is 4.79 Å². The van der Waals surface area contributed by atoms with Gasteiger partial charge in [0.2, 0.25) is 5.91 Å². The first-order valence-electron chi connectivity index (χ1n) is 5.62. The van der Waals surface area contributed by atoms with E-state index in [2.05, 4.69) is 17.8 Å². The molecule has 0 aliphatic carbocycles. The maximum Gasteiger partial charge on any atom is 0.407 e. The van der Waals surface area contributed by atoms with Crippen molar-refractivity contribution in [3.63, 3.8) is 0 Å². The van der Waals surface area contributed by atoms with Crippen molar-refractivity contribution in [3.05, 3.63) is 12.7 Å². The van der Waals surface area contributed by atoms with Crippen molar-refractivity contribution >= 4 is 12.0 Å². The first-order valence-corrected chi connectivity index (χ1v) is 5.62. The lowest BCUT2D eigenvalue weighted by Crippen LogP contribution is -2.40. The Morgan fingerprint density at radius 3 is 2.56 bits per heavy atom. The van der Waals surface area contributed by atoms with E-state index in [1.807, 2.05) is 0 Å². The summed E-state index contributed by atoms with van der Waals surface area (Å²) in [6, 6.07) is 0. The van der Waals surface area contributed by atoms with E-state index in [-0.39, 0.29) is 19.0 Å². The number of rotatable bonds is 5. The van der Waals surface area contributed by atoms with Gasteiger partial charge in [0.25, 0.3) is 0 Å². The molecule has 0 atom stereocenters. The lowest BCUT2D eigenvalue weighted by molar-refractivity contribution is -0.125. The van der Waals surface area contributed by atoms with Crippen LogP contribution in [0.3, 0.4) is 0 Å². The maximum absolute atomic E-state index is 11.4. The number of hydrogen-bond donors (Lipinski definition) is 1. The number of nitrogens with zero attached hydrogens (tertiary/aromatic N) is 1. The quantitative estimate of drug-likeness (QED) is 0.590. The number of hydrogen-bond acceptors (Lipinski definition) is 3. The van der Waals surface area contributed by atoms with E-state index in [9.17, 15) is 9.59 Å². The summed E-state index contributed by atoms with van der Waals surface area (Å²) < 4.78 is 5.05. The second-order valence-electron chi connectivity index (χ2n) is 4.60. The van der Waals surface area contributed by atoms with Crippen LogP contribution >= 0.6 is 0 Å². The Morgan fingerprint density at radius 1 is 1.50 bits per heavy atom. The van der Waals surface area contributed by atoms with Crippen molar-refractivity contribution in [2.24, 2.45) is 0 Å². The molecule has 0 spiro atoms. The summed E-state index contributed by atoms with van der Waals surface area (Å²) in [4.78, 5) is 24.1. The molecule has 0 aromatic carbocycles. The Bertz CT molecular complexity index is 350. The monoisotopic (exact) mass is 252 g/mol. The molecule has 0 unspecified atom stereocenters. The zero-order chi connectivity index (χ0) is 14.2. The van der Waals surface area contributed by atoms with Crippen LogP contribution < -0.4 is 5.32 Å². The highest BCUT2D eigenvalue weighted by atomic mass is 16.6. The van der Waals surface area contributed by atoms with E-state index in [1.54, 1.807) is 20.8 Å². The molecule has 5 heteroatoms. The molecule has 0 aliphatic heterocycles. The van der Waals surface area contributed by atoms with Crippen LogP contribution in [0.1, 0.15) is 20.8 Å². The van der Waals surface area contributed by atoms with Crippen LogP contribution in [0, 0.1) is 12.3 Å². The molecule has 0 saturated heterocycles. The van der Waals surface area contributed by atoms with Gasteiger partial charge in [-0.05, 0) is 26.8 Å². The molecular weight excluding hydrogens is 232 g/mol. The number of carbonyl (C=O) groups is 2. The highest BCUT2D eigenvalue weighted by molar-refractivity contribution is 5.87. The summed E-state index contributed by atoms with van der Waals surface area (Å²) in [7, 11) is 0. The van der Waals surface area contributed by atoms with Gasteiger partial charge in [-0.15, -0.1) is 6.42 Å². The maximum atomic E-state index is 11.4. The third-order valence-electron chi connectivity index (χ3n) is 1.82. The average Bonchev–Trinajstić information content (AvgIpc) is 2.24. The van der Waals surface area contributed by atoms with E-state index < -0.39 is 11.7 Å². The van der Waals surface area contributed by atoms with E-state index >= 15 is 0 Å². The van der Waals surface area contributed by atoms with Crippen LogP contribution in [0.4, 0.5) is 4.79 Å². The van der Waals surface area contributed by atoms with Gasteiger partial charge in [-0.25, -0.2) is 4.79 Å². The van der Waals surface area contributed by atoms with Crippen LogP contribution in [-0.2, 0) is 9.53 Å². The van der Waals surface area contributed by atoms with Crippen LogP contribution in [0.15, 0.2) is 12.7 Å². The lowest BCUT2D eigenvalue weighted by atomic mass is 10.2. The third kappa shape index (κ3) is 7.34. The summed E-state index contributed by atoms with van der Waals surface area (Å²) in [6.45, 7) is 9.48. The van der Waals surface area contributed by atoms with Gasteiger partial charge in [-0.2, -0.15) is 0 Å². The zero-order valence-electron chi connectivity index (χ0n) is 11.2. The highest BCUT2D eigenvalue weighted by Crippen LogP contribution is 2.06. The number of carbonyl (C=O) groups excluding carboxylic acids is 2. The first-order chi connectivity index (χ1) is 8.30. The summed E-state index contributed by atoms with van der Waals surface area (Å²) >= 11 is 0. The predicted molar refractivity (Wildman–Crippen MR) is 69.8 cm³/mol. The summed E-state index contributed by atoms with van der Waals surface area (Å²) in [5.74, 6) is 2.11. The van der Waals surface area contributed by atoms with E-state index in [4.69, 9.17) is 11.2 Å². The third-order valence-corrected chi connectivity index (χ3v) is 1.82. The lowest BCUT2D eigenvalue weighted by Gasteiger charge is -2.21. The molecule has 0 aromatic rings. The molecular formula is C13H20N2O3.